The van der Waals surface area contributed by atoms with Crippen molar-refractivity contribution in [3.8, 4) is 5.75 Å². The van der Waals surface area contributed by atoms with E-state index < -0.39 is 0 Å². The van der Waals surface area contributed by atoms with Crippen molar-refractivity contribution in [2.24, 2.45) is 0 Å². The van der Waals surface area contributed by atoms with Crippen molar-refractivity contribution in [2.75, 3.05) is 0 Å². The Labute approximate surface area is 97.6 Å². The van der Waals surface area contributed by atoms with Gasteiger partial charge in [0.15, 0.2) is 11.3 Å². The van der Waals surface area contributed by atoms with Crippen LogP contribution in [0.3, 0.4) is 0 Å². The Morgan fingerprint density at radius 2 is 2.00 bits per heavy atom. The first kappa shape index (κ1) is 9.90. The normalized spacial score (nSPS) is 10.9. The van der Waals surface area contributed by atoms with Crippen molar-refractivity contribution >= 4 is 27.7 Å². The molecule has 2 aromatic carbocycles. The van der Waals surface area contributed by atoms with Gasteiger partial charge in [-0.25, -0.2) is 0 Å². The van der Waals surface area contributed by atoms with Crippen LogP contribution in [0.25, 0.3) is 21.7 Å². The summed E-state index contributed by atoms with van der Waals surface area (Å²) in [4.78, 5) is 11.1. The zero-order chi connectivity index (χ0) is 11.8. The van der Waals surface area contributed by atoms with Crippen LogP contribution in [0.2, 0.25) is 0 Å². The molecule has 84 valence electrons. The van der Waals surface area contributed by atoms with E-state index in [1.807, 2.05) is 36.4 Å². The van der Waals surface area contributed by atoms with Gasteiger partial charge in [-0.05, 0) is 22.9 Å². The average Bonchev–Trinajstić information content (AvgIpc) is 2.78. The highest BCUT2D eigenvalue weighted by atomic mass is 16.5. The molecule has 3 rings (SSSR count). The summed E-state index contributed by atoms with van der Waals surface area (Å²) in [5.74, 6) is 0.120. The van der Waals surface area contributed by atoms with Gasteiger partial charge >= 0.3 is 5.97 Å². The smallest absolute Gasteiger partial charge is 0.308 e. The number of hydrogen-bond donors (Lipinski definition) is 0. The lowest BCUT2D eigenvalue weighted by atomic mass is 10.1. The van der Waals surface area contributed by atoms with Crippen LogP contribution >= 0.6 is 0 Å². The third-order valence-electron chi connectivity index (χ3n) is 2.68. The van der Waals surface area contributed by atoms with E-state index in [9.17, 15) is 4.79 Å². The number of ether oxygens (including phenoxy) is 1. The third-order valence-corrected chi connectivity index (χ3v) is 2.68. The molecule has 3 nitrogen and oxygen atoms in total. The van der Waals surface area contributed by atoms with Crippen molar-refractivity contribution in [1.82, 2.24) is 0 Å². The lowest BCUT2D eigenvalue weighted by molar-refractivity contribution is -0.131. The number of fused-ring (bicyclic) bond motifs is 3. The van der Waals surface area contributed by atoms with Crippen LogP contribution in [0.4, 0.5) is 0 Å². The Kier molecular flexibility index (Phi) is 2.11. The second-order valence-electron chi connectivity index (χ2n) is 3.85. The van der Waals surface area contributed by atoms with Gasteiger partial charge in [-0.2, -0.15) is 0 Å². The Morgan fingerprint density at radius 1 is 1.18 bits per heavy atom. The van der Waals surface area contributed by atoms with E-state index in [4.69, 9.17) is 9.15 Å². The fourth-order valence-corrected chi connectivity index (χ4v) is 2.02. The molecule has 0 N–H and O–H groups in total. The summed E-state index contributed by atoms with van der Waals surface area (Å²) in [5, 5.41) is 3.07. The maximum Gasteiger partial charge on any atom is 0.308 e. The van der Waals surface area contributed by atoms with Crippen LogP contribution in [0, 0.1) is 0 Å². The molecule has 3 aromatic rings. The lowest BCUT2D eigenvalue weighted by Crippen LogP contribution is -2.01. The number of carbonyl (C=O) groups is 1. The molecule has 0 bridgehead atoms. The second kappa shape index (κ2) is 3.63. The Bertz CT molecular complexity index is 710. The molecule has 0 amide bonds. The molecule has 0 radical (unpaired) electrons. The van der Waals surface area contributed by atoms with E-state index in [0.29, 0.717) is 11.3 Å². The molecular weight excluding hydrogens is 216 g/mol. The SMILES string of the molecule is CC(=O)Oc1cc2ccccc2c2ccoc12. The van der Waals surface area contributed by atoms with E-state index in [1.165, 1.54) is 6.92 Å². The Balaban J connectivity index is 2.39. The van der Waals surface area contributed by atoms with E-state index >= 15 is 0 Å². The molecule has 0 fully saturated rings. The molecular formula is C14H10O3. The molecule has 0 aliphatic carbocycles. The van der Waals surface area contributed by atoms with Gasteiger partial charge in [0.2, 0.25) is 0 Å². The first-order valence-corrected chi connectivity index (χ1v) is 5.33. The fraction of sp³-hybridized carbons (Fsp3) is 0.0714. The Hall–Kier alpha value is -2.29. The summed E-state index contributed by atoms with van der Waals surface area (Å²) in [6.45, 7) is 1.38. The lowest BCUT2D eigenvalue weighted by Gasteiger charge is -2.05. The highest BCUT2D eigenvalue weighted by Crippen LogP contribution is 2.34. The molecule has 1 aromatic heterocycles. The van der Waals surface area contributed by atoms with Crippen molar-refractivity contribution in [3.63, 3.8) is 0 Å². The van der Waals surface area contributed by atoms with Gasteiger partial charge in [0, 0.05) is 12.3 Å². The van der Waals surface area contributed by atoms with Gasteiger partial charge in [-0.3, -0.25) is 4.79 Å². The average molecular weight is 226 g/mol. The van der Waals surface area contributed by atoms with Crippen molar-refractivity contribution in [2.45, 2.75) is 6.92 Å². The predicted molar refractivity (Wildman–Crippen MR) is 65.0 cm³/mol. The maximum absolute atomic E-state index is 11.1. The van der Waals surface area contributed by atoms with E-state index in [-0.39, 0.29) is 5.97 Å². The van der Waals surface area contributed by atoms with E-state index in [0.717, 1.165) is 16.2 Å². The summed E-state index contributed by atoms with van der Waals surface area (Å²) < 4.78 is 10.5. The van der Waals surface area contributed by atoms with Crippen LogP contribution in [-0.4, -0.2) is 5.97 Å². The van der Waals surface area contributed by atoms with E-state index in [2.05, 4.69) is 0 Å². The Morgan fingerprint density at radius 3 is 2.82 bits per heavy atom. The van der Waals surface area contributed by atoms with E-state index in [1.54, 1.807) is 6.26 Å². The summed E-state index contributed by atoms with van der Waals surface area (Å²) >= 11 is 0. The minimum atomic E-state index is -0.349. The molecule has 0 aliphatic rings. The largest absolute Gasteiger partial charge is 0.460 e. The predicted octanol–water partition coefficient (Wildman–Crippen LogP) is 3.51. The molecule has 3 heteroatoms. The van der Waals surface area contributed by atoms with Crippen molar-refractivity contribution in [3.05, 3.63) is 42.7 Å². The van der Waals surface area contributed by atoms with Crippen LogP contribution in [0.15, 0.2) is 47.1 Å². The summed E-state index contributed by atoms with van der Waals surface area (Å²) in [6.07, 6.45) is 1.60. The van der Waals surface area contributed by atoms with Gasteiger partial charge in [0.1, 0.15) is 0 Å². The minimum absolute atomic E-state index is 0.349. The van der Waals surface area contributed by atoms with Gasteiger partial charge in [-0.15, -0.1) is 0 Å². The van der Waals surface area contributed by atoms with Gasteiger partial charge in [0.25, 0.3) is 0 Å². The second-order valence-corrected chi connectivity index (χ2v) is 3.85. The van der Waals surface area contributed by atoms with Gasteiger partial charge in [0.05, 0.1) is 6.26 Å². The molecule has 0 unspecified atom stereocenters. The highest BCUT2D eigenvalue weighted by Gasteiger charge is 2.11. The quantitative estimate of drug-likeness (QED) is 0.471. The maximum atomic E-state index is 11.1. The topological polar surface area (TPSA) is 39.4 Å². The number of rotatable bonds is 1. The standard InChI is InChI=1S/C14H10O3/c1-9(15)17-13-8-10-4-2-3-5-11(10)12-6-7-16-14(12)13/h2-8H,1H3. The summed E-state index contributed by atoms with van der Waals surface area (Å²) in [7, 11) is 0. The number of esters is 1. The number of hydrogen-bond acceptors (Lipinski definition) is 3. The van der Waals surface area contributed by atoms with Crippen LogP contribution < -0.4 is 4.74 Å². The summed E-state index contributed by atoms with van der Waals surface area (Å²) in [5.41, 5.74) is 0.610. The van der Waals surface area contributed by atoms with Crippen LogP contribution in [0.1, 0.15) is 6.92 Å². The third kappa shape index (κ3) is 1.56. The number of carbonyl (C=O) groups excluding carboxylic acids is 1. The van der Waals surface area contributed by atoms with Crippen LogP contribution in [-0.2, 0) is 4.79 Å². The monoisotopic (exact) mass is 226 g/mol. The number of furan rings is 1. The molecule has 0 saturated carbocycles. The molecule has 1 heterocycles. The molecule has 0 spiro atoms. The fourth-order valence-electron chi connectivity index (χ4n) is 2.02. The minimum Gasteiger partial charge on any atom is -0.460 e. The zero-order valence-corrected chi connectivity index (χ0v) is 9.27. The summed E-state index contributed by atoms with van der Waals surface area (Å²) in [6, 6.07) is 11.6. The zero-order valence-electron chi connectivity index (χ0n) is 9.27. The molecule has 0 aliphatic heterocycles. The first-order chi connectivity index (χ1) is 8.25. The highest BCUT2D eigenvalue weighted by molar-refractivity contribution is 6.08. The van der Waals surface area contributed by atoms with Gasteiger partial charge in [-0.1, -0.05) is 24.3 Å². The first-order valence-electron chi connectivity index (χ1n) is 5.33. The van der Waals surface area contributed by atoms with Crippen LogP contribution in [0.5, 0.6) is 5.75 Å². The van der Waals surface area contributed by atoms with Crippen molar-refractivity contribution in [1.29, 1.82) is 0 Å². The molecule has 0 atom stereocenters. The number of benzene rings is 2. The molecule has 17 heavy (non-hydrogen) atoms. The van der Waals surface area contributed by atoms with Crippen molar-refractivity contribution < 1.29 is 13.9 Å². The van der Waals surface area contributed by atoms with Gasteiger partial charge < -0.3 is 9.15 Å². The molecule has 0 saturated heterocycles.